The summed E-state index contributed by atoms with van der Waals surface area (Å²) in [5, 5.41) is 3.53. The second kappa shape index (κ2) is 6.50. The maximum atomic E-state index is 3.57. The summed E-state index contributed by atoms with van der Waals surface area (Å²) in [7, 11) is 0. The molecule has 1 N–H and O–H groups in total. The lowest BCUT2D eigenvalue weighted by molar-refractivity contribution is 0.573. The number of halogens is 2. The highest BCUT2D eigenvalue weighted by molar-refractivity contribution is 9.10. The van der Waals surface area contributed by atoms with Gasteiger partial charge in [-0.25, -0.2) is 0 Å². The highest BCUT2D eigenvalue weighted by Crippen LogP contribution is 2.20. The van der Waals surface area contributed by atoms with Gasteiger partial charge < -0.3 is 5.32 Å². The van der Waals surface area contributed by atoms with Gasteiger partial charge in [0.1, 0.15) is 0 Å². The number of hydrogen-bond donors (Lipinski definition) is 1. The number of nitrogens with one attached hydrogen (secondary N) is 1. The van der Waals surface area contributed by atoms with E-state index in [9.17, 15) is 0 Å². The molecule has 1 atom stereocenters. The van der Waals surface area contributed by atoms with Crippen LogP contribution in [0.15, 0.2) is 57.5 Å². The fraction of sp³-hybridized carbons (Fsp3) is 0.200. The zero-order valence-electron chi connectivity index (χ0n) is 10.2. The van der Waals surface area contributed by atoms with E-state index in [-0.39, 0.29) is 0 Å². The molecule has 2 rings (SSSR count). The molecular formula is C15H15Br2N. The molecule has 0 aliphatic carbocycles. The van der Waals surface area contributed by atoms with Crippen molar-refractivity contribution in [2.45, 2.75) is 19.5 Å². The van der Waals surface area contributed by atoms with E-state index < -0.39 is 0 Å². The molecule has 0 radical (unpaired) electrons. The van der Waals surface area contributed by atoms with E-state index in [4.69, 9.17) is 0 Å². The Morgan fingerprint density at radius 2 is 1.83 bits per heavy atom. The first-order chi connectivity index (χ1) is 8.66. The third-order valence-electron chi connectivity index (χ3n) is 2.91. The zero-order chi connectivity index (χ0) is 13.0. The zero-order valence-corrected chi connectivity index (χ0v) is 13.3. The number of hydrogen-bond acceptors (Lipinski definition) is 1. The van der Waals surface area contributed by atoms with Crippen LogP contribution in [-0.2, 0) is 6.54 Å². The van der Waals surface area contributed by atoms with Gasteiger partial charge in [0.2, 0.25) is 0 Å². The summed E-state index contributed by atoms with van der Waals surface area (Å²) in [5.41, 5.74) is 2.57. The van der Waals surface area contributed by atoms with Crippen LogP contribution in [0.4, 0.5) is 0 Å². The molecule has 94 valence electrons. The summed E-state index contributed by atoms with van der Waals surface area (Å²) in [4.78, 5) is 0. The predicted octanol–water partition coefficient (Wildman–Crippen LogP) is 5.06. The molecular weight excluding hydrogens is 354 g/mol. The SMILES string of the molecule is CC(NCc1ccccc1Br)c1cccc(Br)c1. The van der Waals surface area contributed by atoms with Gasteiger partial charge >= 0.3 is 0 Å². The van der Waals surface area contributed by atoms with Crippen molar-refractivity contribution in [1.29, 1.82) is 0 Å². The fourth-order valence-corrected chi connectivity index (χ4v) is 2.64. The van der Waals surface area contributed by atoms with Crippen molar-refractivity contribution in [1.82, 2.24) is 5.32 Å². The predicted molar refractivity (Wildman–Crippen MR) is 83.5 cm³/mol. The maximum Gasteiger partial charge on any atom is 0.0295 e. The molecule has 0 saturated heterocycles. The third-order valence-corrected chi connectivity index (χ3v) is 4.17. The van der Waals surface area contributed by atoms with Crippen molar-refractivity contribution >= 4 is 31.9 Å². The summed E-state index contributed by atoms with van der Waals surface area (Å²) in [6.45, 7) is 3.04. The molecule has 0 aromatic heterocycles. The lowest BCUT2D eigenvalue weighted by atomic mass is 10.1. The van der Waals surface area contributed by atoms with Crippen molar-refractivity contribution < 1.29 is 0 Å². The molecule has 0 amide bonds. The Labute approximate surface area is 125 Å². The highest BCUT2D eigenvalue weighted by atomic mass is 79.9. The lowest BCUT2D eigenvalue weighted by Gasteiger charge is -2.15. The molecule has 0 fully saturated rings. The highest BCUT2D eigenvalue weighted by Gasteiger charge is 2.06. The second-order valence-corrected chi connectivity index (χ2v) is 6.02. The maximum absolute atomic E-state index is 3.57. The van der Waals surface area contributed by atoms with Gasteiger partial charge in [0, 0.05) is 21.5 Å². The van der Waals surface area contributed by atoms with Crippen LogP contribution in [0.25, 0.3) is 0 Å². The van der Waals surface area contributed by atoms with Gasteiger partial charge in [0.15, 0.2) is 0 Å². The summed E-state index contributed by atoms with van der Waals surface area (Å²) < 4.78 is 2.27. The minimum absolute atomic E-state index is 0.328. The van der Waals surface area contributed by atoms with Gasteiger partial charge in [-0.05, 0) is 36.2 Å². The Hall–Kier alpha value is -0.640. The Balaban J connectivity index is 2.00. The van der Waals surface area contributed by atoms with Crippen LogP contribution >= 0.6 is 31.9 Å². The van der Waals surface area contributed by atoms with E-state index in [1.165, 1.54) is 11.1 Å². The van der Waals surface area contributed by atoms with Crippen molar-refractivity contribution in [3.63, 3.8) is 0 Å². The molecule has 2 aromatic carbocycles. The smallest absolute Gasteiger partial charge is 0.0295 e. The van der Waals surface area contributed by atoms with Crippen molar-refractivity contribution in [3.8, 4) is 0 Å². The van der Waals surface area contributed by atoms with Crippen LogP contribution in [0.5, 0.6) is 0 Å². The minimum atomic E-state index is 0.328. The number of rotatable bonds is 4. The second-order valence-electron chi connectivity index (χ2n) is 4.25. The quantitative estimate of drug-likeness (QED) is 0.794. The van der Waals surface area contributed by atoms with Gasteiger partial charge in [0.25, 0.3) is 0 Å². The van der Waals surface area contributed by atoms with Crippen molar-refractivity contribution in [3.05, 3.63) is 68.6 Å². The fourth-order valence-electron chi connectivity index (χ4n) is 1.80. The first-order valence-corrected chi connectivity index (χ1v) is 7.47. The molecule has 1 nitrogen and oxygen atoms in total. The Morgan fingerprint density at radius 1 is 1.06 bits per heavy atom. The van der Waals surface area contributed by atoms with E-state index >= 15 is 0 Å². The summed E-state index contributed by atoms with van der Waals surface area (Å²) in [6, 6.07) is 17.0. The molecule has 0 heterocycles. The van der Waals surface area contributed by atoms with Gasteiger partial charge in [-0.2, -0.15) is 0 Å². The van der Waals surface area contributed by atoms with Gasteiger partial charge in [-0.3, -0.25) is 0 Å². The van der Waals surface area contributed by atoms with Gasteiger partial charge in [-0.15, -0.1) is 0 Å². The third kappa shape index (κ3) is 3.67. The molecule has 2 aromatic rings. The summed E-state index contributed by atoms with van der Waals surface area (Å²) in [6.07, 6.45) is 0. The Morgan fingerprint density at radius 3 is 2.56 bits per heavy atom. The first-order valence-electron chi connectivity index (χ1n) is 5.89. The lowest BCUT2D eigenvalue weighted by Crippen LogP contribution is -2.18. The normalized spacial score (nSPS) is 12.4. The van der Waals surface area contributed by atoms with E-state index in [1.54, 1.807) is 0 Å². The van der Waals surface area contributed by atoms with Crippen molar-refractivity contribution in [2.24, 2.45) is 0 Å². The first kappa shape index (κ1) is 13.8. The van der Waals surface area contributed by atoms with E-state index in [1.807, 2.05) is 12.1 Å². The summed E-state index contributed by atoms with van der Waals surface area (Å²) in [5.74, 6) is 0. The average molecular weight is 369 g/mol. The molecule has 3 heteroatoms. The Kier molecular flexibility index (Phi) is 4.98. The van der Waals surface area contributed by atoms with E-state index in [0.717, 1.165) is 15.5 Å². The van der Waals surface area contributed by atoms with Crippen LogP contribution in [-0.4, -0.2) is 0 Å². The average Bonchev–Trinajstić information content (AvgIpc) is 2.37. The van der Waals surface area contributed by atoms with Crippen molar-refractivity contribution in [2.75, 3.05) is 0 Å². The van der Waals surface area contributed by atoms with E-state index in [2.05, 4.69) is 80.5 Å². The monoisotopic (exact) mass is 367 g/mol. The van der Waals surface area contributed by atoms with Crippen LogP contribution in [0.1, 0.15) is 24.1 Å². The van der Waals surface area contributed by atoms with Crippen LogP contribution in [0.3, 0.4) is 0 Å². The minimum Gasteiger partial charge on any atom is -0.306 e. The molecule has 0 aliphatic rings. The largest absolute Gasteiger partial charge is 0.306 e. The molecule has 0 saturated carbocycles. The molecule has 0 bridgehead atoms. The topological polar surface area (TPSA) is 12.0 Å². The van der Waals surface area contributed by atoms with E-state index in [0.29, 0.717) is 6.04 Å². The summed E-state index contributed by atoms with van der Waals surface area (Å²) >= 11 is 7.07. The van der Waals surface area contributed by atoms with Gasteiger partial charge in [-0.1, -0.05) is 62.2 Å². The van der Waals surface area contributed by atoms with Crippen LogP contribution < -0.4 is 5.32 Å². The molecule has 0 spiro atoms. The van der Waals surface area contributed by atoms with Gasteiger partial charge in [0.05, 0.1) is 0 Å². The Bertz CT molecular complexity index is 525. The molecule has 1 unspecified atom stereocenters. The molecule has 0 aliphatic heterocycles. The van der Waals surface area contributed by atoms with Crippen LogP contribution in [0.2, 0.25) is 0 Å². The molecule has 18 heavy (non-hydrogen) atoms. The van der Waals surface area contributed by atoms with Crippen LogP contribution in [0, 0.1) is 0 Å². The number of benzene rings is 2. The standard InChI is InChI=1S/C15H15Br2N/c1-11(12-6-4-7-14(16)9-12)18-10-13-5-2-3-8-15(13)17/h2-9,11,18H,10H2,1H3.